The van der Waals surface area contributed by atoms with Crippen molar-refractivity contribution in [1.29, 1.82) is 0 Å². The number of carbonyl (C=O) groups excluding carboxylic acids is 1. The molecule has 0 radical (unpaired) electrons. The maximum Gasteiger partial charge on any atom is 0.257 e. The zero-order valence-corrected chi connectivity index (χ0v) is 10.7. The van der Waals surface area contributed by atoms with E-state index in [-0.39, 0.29) is 5.91 Å². The predicted octanol–water partition coefficient (Wildman–Crippen LogP) is 2.02. The van der Waals surface area contributed by atoms with E-state index >= 15 is 0 Å². The van der Waals surface area contributed by atoms with Gasteiger partial charge in [0.05, 0.1) is 17.4 Å². The van der Waals surface area contributed by atoms with E-state index in [1.807, 2.05) is 25.1 Å². The molecule has 2 N–H and O–H groups in total. The van der Waals surface area contributed by atoms with Gasteiger partial charge in [0, 0.05) is 26.0 Å². The molecule has 0 atom stereocenters. The van der Waals surface area contributed by atoms with E-state index in [9.17, 15) is 4.79 Å². The molecule has 0 aliphatic rings. The molecule has 0 spiro atoms. The van der Waals surface area contributed by atoms with Crippen molar-refractivity contribution in [1.82, 2.24) is 9.78 Å². The molecule has 2 rings (SSSR count). The van der Waals surface area contributed by atoms with Crippen LogP contribution in [0.3, 0.4) is 0 Å². The van der Waals surface area contributed by atoms with Crippen molar-refractivity contribution in [2.45, 2.75) is 6.92 Å². The van der Waals surface area contributed by atoms with Crippen LogP contribution in [0, 0.1) is 6.92 Å². The number of benzene rings is 1. The Labute approximate surface area is 106 Å². The molecule has 0 fully saturated rings. The normalized spacial score (nSPS) is 10.2. The second-order valence-electron chi connectivity index (χ2n) is 4.16. The molecule has 1 amide bonds. The molecule has 0 saturated carbocycles. The molecule has 0 aliphatic carbocycles. The third-order valence-corrected chi connectivity index (χ3v) is 2.65. The van der Waals surface area contributed by atoms with Gasteiger partial charge in [0.15, 0.2) is 0 Å². The first-order valence-electron chi connectivity index (χ1n) is 5.68. The SMILES string of the molecule is CNc1ccc(C)cc1C(=O)Nc1cnn(C)c1. The van der Waals surface area contributed by atoms with Crippen LogP contribution in [0.15, 0.2) is 30.6 Å². The van der Waals surface area contributed by atoms with Gasteiger partial charge in [-0.05, 0) is 19.1 Å². The minimum Gasteiger partial charge on any atom is -0.387 e. The minimum atomic E-state index is -0.143. The number of anilines is 2. The van der Waals surface area contributed by atoms with Gasteiger partial charge in [-0.1, -0.05) is 11.6 Å². The molecule has 1 aromatic carbocycles. The molecule has 0 aliphatic heterocycles. The number of carbonyl (C=O) groups is 1. The Hall–Kier alpha value is -2.30. The van der Waals surface area contributed by atoms with E-state index in [1.165, 1.54) is 0 Å². The summed E-state index contributed by atoms with van der Waals surface area (Å²) in [6.07, 6.45) is 3.37. The average molecular weight is 244 g/mol. The number of hydrogen-bond acceptors (Lipinski definition) is 3. The van der Waals surface area contributed by atoms with Crippen molar-refractivity contribution in [2.24, 2.45) is 7.05 Å². The lowest BCUT2D eigenvalue weighted by molar-refractivity contribution is 0.102. The summed E-state index contributed by atoms with van der Waals surface area (Å²) in [4.78, 5) is 12.2. The van der Waals surface area contributed by atoms with Crippen molar-refractivity contribution < 1.29 is 4.79 Å². The van der Waals surface area contributed by atoms with E-state index in [4.69, 9.17) is 0 Å². The number of aromatic nitrogens is 2. The van der Waals surface area contributed by atoms with Crippen LogP contribution in [0.25, 0.3) is 0 Å². The van der Waals surface area contributed by atoms with E-state index in [1.54, 1.807) is 31.2 Å². The van der Waals surface area contributed by atoms with Gasteiger partial charge < -0.3 is 10.6 Å². The van der Waals surface area contributed by atoms with Gasteiger partial charge in [0.25, 0.3) is 5.91 Å². The molecule has 0 saturated heterocycles. The fourth-order valence-corrected chi connectivity index (χ4v) is 1.75. The summed E-state index contributed by atoms with van der Waals surface area (Å²) in [6.45, 7) is 1.96. The molecule has 0 bridgehead atoms. The third-order valence-electron chi connectivity index (χ3n) is 2.65. The molecule has 1 aromatic heterocycles. The van der Waals surface area contributed by atoms with Crippen LogP contribution in [0.2, 0.25) is 0 Å². The molecule has 18 heavy (non-hydrogen) atoms. The lowest BCUT2D eigenvalue weighted by Crippen LogP contribution is -2.13. The Morgan fingerprint density at radius 2 is 2.17 bits per heavy atom. The zero-order valence-electron chi connectivity index (χ0n) is 10.7. The predicted molar refractivity (Wildman–Crippen MR) is 71.9 cm³/mol. The van der Waals surface area contributed by atoms with Crippen LogP contribution in [0.1, 0.15) is 15.9 Å². The molecule has 5 heteroatoms. The van der Waals surface area contributed by atoms with Gasteiger partial charge in [0.2, 0.25) is 0 Å². The van der Waals surface area contributed by atoms with Gasteiger partial charge in [-0.15, -0.1) is 0 Å². The Balaban J connectivity index is 2.25. The molecular formula is C13H16N4O. The topological polar surface area (TPSA) is 59.0 Å². The monoisotopic (exact) mass is 244 g/mol. The first kappa shape index (κ1) is 12.2. The number of rotatable bonds is 3. The molecule has 94 valence electrons. The highest BCUT2D eigenvalue weighted by molar-refractivity contribution is 6.08. The quantitative estimate of drug-likeness (QED) is 0.868. The van der Waals surface area contributed by atoms with Crippen LogP contribution in [-0.4, -0.2) is 22.7 Å². The number of nitrogens with zero attached hydrogens (tertiary/aromatic N) is 2. The van der Waals surface area contributed by atoms with Gasteiger partial charge >= 0.3 is 0 Å². The van der Waals surface area contributed by atoms with Crippen molar-refractivity contribution in [3.63, 3.8) is 0 Å². The smallest absolute Gasteiger partial charge is 0.257 e. The highest BCUT2D eigenvalue weighted by Gasteiger charge is 2.11. The van der Waals surface area contributed by atoms with E-state index in [0.29, 0.717) is 11.3 Å². The van der Waals surface area contributed by atoms with E-state index in [0.717, 1.165) is 11.3 Å². The Morgan fingerprint density at radius 1 is 1.39 bits per heavy atom. The maximum atomic E-state index is 12.2. The van der Waals surface area contributed by atoms with Crippen LogP contribution in [0.5, 0.6) is 0 Å². The van der Waals surface area contributed by atoms with Gasteiger partial charge in [-0.2, -0.15) is 5.10 Å². The zero-order chi connectivity index (χ0) is 13.1. The van der Waals surface area contributed by atoms with E-state index < -0.39 is 0 Å². The van der Waals surface area contributed by atoms with Crippen LogP contribution in [0.4, 0.5) is 11.4 Å². The van der Waals surface area contributed by atoms with Gasteiger partial charge in [0.1, 0.15) is 0 Å². The number of amides is 1. The van der Waals surface area contributed by atoms with Gasteiger partial charge in [-0.3, -0.25) is 9.48 Å². The molecule has 5 nitrogen and oxygen atoms in total. The number of aryl methyl sites for hydroxylation is 2. The molecule has 2 aromatic rings. The minimum absolute atomic E-state index is 0.143. The summed E-state index contributed by atoms with van der Waals surface area (Å²) in [5, 5.41) is 9.84. The molecule has 0 unspecified atom stereocenters. The van der Waals surface area contributed by atoms with Crippen LogP contribution >= 0.6 is 0 Å². The summed E-state index contributed by atoms with van der Waals surface area (Å²) in [5.41, 5.74) is 3.17. The van der Waals surface area contributed by atoms with Gasteiger partial charge in [-0.25, -0.2) is 0 Å². The molecule has 1 heterocycles. The van der Waals surface area contributed by atoms with Crippen LogP contribution in [-0.2, 0) is 7.05 Å². The molecular weight excluding hydrogens is 228 g/mol. The lowest BCUT2D eigenvalue weighted by atomic mass is 10.1. The Bertz CT molecular complexity index is 574. The van der Waals surface area contributed by atoms with Crippen molar-refractivity contribution in [3.8, 4) is 0 Å². The van der Waals surface area contributed by atoms with Crippen LogP contribution < -0.4 is 10.6 Å². The first-order chi connectivity index (χ1) is 8.60. The first-order valence-corrected chi connectivity index (χ1v) is 5.68. The van der Waals surface area contributed by atoms with Crippen molar-refractivity contribution >= 4 is 17.3 Å². The average Bonchev–Trinajstić information content (AvgIpc) is 2.74. The standard InChI is InChI=1S/C13H16N4O/c1-9-4-5-12(14-2)11(6-9)13(18)16-10-7-15-17(3)8-10/h4-8,14H,1-3H3,(H,16,18). The highest BCUT2D eigenvalue weighted by atomic mass is 16.1. The summed E-state index contributed by atoms with van der Waals surface area (Å²) in [7, 11) is 3.60. The Morgan fingerprint density at radius 3 is 2.78 bits per heavy atom. The second kappa shape index (κ2) is 4.91. The highest BCUT2D eigenvalue weighted by Crippen LogP contribution is 2.18. The van der Waals surface area contributed by atoms with Crippen molar-refractivity contribution in [3.05, 3.63) is 41.7 Å². The summed E-state index contributed by atoms with van der Waals surface area (Å²) >= 11 is 0. The number of hydrogen-bond donors (Lipinski definition) is 2. The maximum absolute atomic E-state index is 12.2. The summed E-state index contributed by atoms with van der Waals surface area (Å²) in [5.74, 6) is -0.143. The van der Waals surface area contributed by atoms with E-state index in [2.05, 4.69) is 15.7 Å². The summed E-state index contributed by atoms with van der Waals surface area (Å²) in [6, 6.07) is 5.72. The largest absolute Gasteiger partial charge is 0.387 e. The summed E-state index contributed by atoms with van der Waals surface area (Å²) < 4.78 is 1.64. The fourth-order valence-electron chi connectivity index (χ4n) is 1.75. The third kappa shape index (κ3) is 2.51. The van der Waals surface area contributed by atoms with Crippen molar-refractivity contribution in [2.75, 3.05) is 17.7 Å². The Kier molecular flexibility index (Phi) is 3.32. The lowest BCUT2D eigenvalue weighted by Gasteiger charge is -2.09. The fraction of sp³-hybridized carbons (Fsp3) is 0.231. The number of nitrogens with one attached hydrogen (secondary N) is 2. The second-order valence-corrected chi connectivity index (χ2v) is 4.16.